The fraction of sp³-hybridized carbons (Fsp3) is 0. The highest BCUT2D eigenvalue weighted by Gasteiger charge is 2.07. The zero-order valence-electron chi connectivity index (χ0n) is 10.4. The second-order valence-corrected chi connectivity index (χ2v) is 3.99. The Labute approximate surface area is 114 Å². The van der Waals surface area contributed by atoms with Crippen molar-refractivity contribution < 1.29 is 9.21 Å². The molecule has 0 radical (unpaired) electrons. The molecule has 0 saturated carbocycles. The zero-order chi connectivity index (χ0) is 13.8. The largest absolute Gasteiger partial charge is 0.464 e. The maximum atomic E-state index is 11.9. The fourth-order valence-electron chi connectivity index (χ4n) is 1.66. The van der Waals surface area contributed by atoms with E-state index in [9.17, 15) is 4.79 Å². The van der Waals surface area contributed by atoms with Gasteiger partial charge in [0.2, 0.25) is 0 Å². The summed E-state index contributed by atoms with van der Waals surface area (Å²) in [5.41, 5.74) is 1.22. The first-order chi connectivity index (χ1) is 9.83. The van der Waals surface area contributed by atoms with Gasteiger partial charge < -0.3 is 9.73 Å². The lowest BCUT2D eigenvalue weighted by Gasteiger charge is -2.04. The average molecular weight is 266 g/mol. The number of carbonyl (C=O) groups is 1. The summed E-state index contributed by atoms with van der Waals surface area (Å²) in [4.78, 5) is 23.6. The Morgan fingerprint density at radius 3 is 2.60 bits per heavy atom. The van der Waals surface area contributed by atoms with Gasteiger partial charge in [-0.15, -0.1) is 0 Å². The van der Waals surface area contributed by atoms with Gasteiger partial charge in [0, 0.05) is 24.2 Å². The fourth-order valence-corrected chi connectivity index (χ4v) is 1.66. The van der Waals surface area contributed by atoms with E-state index in [1.165, 1.54) is 18.7 Å². The number of nitrogens with zero attached hydrogens (tertiary/aromatic N) is 3. The molecule has 0 aliphatic carbocycles. The van der Waals surface area contributed by atoms with Gasteiger partial charge in [-0.1, -0.05) is 0 Å². The monoisotopic (exact) mass is 266 g/mol. The summed E-state index contributed by atoms with van der Waals surface area (Å²) < 4.78 is 5.27. The molecule has 0 bridgehead atoms. The van der Waals surface area contributed by atoms with Gasteiger partial charge in [-0.05, 0) is 24.3 Å². The van der Waals surface area contributed by atoms with Gasteiger partial charge in [-0.25, -0.2) is 15.0 Å². The molecule has 0 atom stereocenters. The summed E-state index contributed by atoms with van der Waals surface area (Å²) in [6, 6.07) is 7.18. The molecule has 0 unspecified atom stereocenters. The van der Waals surface area contributed by atoms with E-state index in [-0.39, 0.29) is 5.91 Å². The third-order valence-corrected chi connectivity index (χ3v) is 2.63. The molecule has 0 aromatic carbocycles. The lowest BCUT2D eigenvalue weighted by molar-refractivity contribution is 0.102. The van der Waals surface area contributed by atoms with Crippen LogP contribution in [0.1, 0.15) is 10.4 Å². The lowest BCUT2D eigenvalue weighted by Crippen LogP contribution is -2.13. The molecule has 6 nitrogen and oxygen atoms in total. The van der Waals surface area contributed by atoms with E-state index in [0.717, 1.165) is 11.3 Å². The van der Waals surface area contributed by atoms with Crippen molar-refractivity contribution in [2.75, 3.05) is 5.32 Å². The molecule has 0 fully saturated rings. The topological polar surface area (TPSA) is 80.9 Å². The van der Waals surface area contributed by atoms with Gasteiger partial charge in [0.15, 0.2) is 0 Å². The summed E-state index contributed by atoms with van der Waals surface area (Å²) in [5, 5.41) is 2.67. The standard InChI is InChI=1S/C14H10N4O2/c19-14(11-6-15-9-16-7-11)18-13-4-3-10(8-17-13)12-2-1-5-20-12/h1-9H,(H,17,18,19). The summed E-state index contributed by atoms with van der Waals surface area (Å²) in [6.45, 7) is 0. The predicted molar refractivity (Wildman–Crippen MR) is 71.9 cm³/mol. The third-order valence-electron chi connectivity index (χ3n) is 2.63. The number of rotatable bonds is 3. The number of amides is 1. The number of anilines is 1. The van der Waals surface area contributed by atoms with Crippen molar-refractivity contribution in [3.05, 3.63) is 61.0 Å². The normalized spacial score (nSPS) is 10.2. The van der Waals surface area contributed by atoms with Crippen LogP contribution in [0.5, 0.6) is 0 Å². The van der Waals surface area contributed by atoms with Gasteiger partial charge in [0.25, 0.3) is 5.91 Å². The van der Waals surface area contributed by atoms with E-state index in [4.69, 9.17) is 4.42 Å². The average Bonchev–Trinajstić information content (AvgIpc) is 3.03. The molecule has 3 aromatic heterocycles. The van der Waals surface area contributed by atoms with Gasteiger partial charge in [-0.3, -0.25) is 4.79 Å². The Kier molecular flexibility index (Phi) is 3.20. The second kappa shape index (κ2) is 5.31. The first-order valence-corrected chi connectivity index (χ1v) is 5.89. The molecule has 3 aromatic rings. The molecule has 0 spiro atoms. The van der Waals surface area contributed by atoms with Crippen LogP contribution in [-0.2, 0) is 0 Å². The molecule has 0 aliphatic heterocycles. The number of hydrogen-bond acceptors (Lipinski definition) is 5. The minimum absolute atomic E-state index is 0.302. The summed E-state index contributed by atoms with van der Waals surface area (Å²) in [6.07, 6.45) is 7.49. The summed E-state index contributed by atoms with van der Waals surface area (Å²) in [7, 11) is 0. The van der Waals surface area contributed by atoms with E-state index in [1.807, 2.05) is 12.1 Å². The van der Waals surface area contributed by atoms with Crippen molar-refractivity contribution in [1.82, 2.24) is 15.0 Å². The highest BCUT2D eigenvalue weighted by molar-refractivity contribution is 6.03. The minimum Gasteiger partial charge on any atom is -0.464 e. The van der Waals surface area contributed by atoms with Crippen LogP contribution in [0, 0.1) is 0 Å². The van der Waals surface area contributed by atoms with E-state index >= 15 is 0 Å². The van der Waals surface area contributed by atoms with Crippen molar-refractivity contribution >= 4 is 11.7 Å². The van der Waals surface area contributed by atoms with E-state index in [2.05, 4.69) is 20.3 Å². The Morgan fingerprint density at radius 1 is 1.10 bits per heavy atom. The molecule has 0 aliphatic rings. The molecule has 6 heteroatoms. The number of aromatic nitrogens is 3. The smallest absolute Gasteiger partial charge is 0.259 e. The highest BCUT2D eigenvalue weighted by atomic mass is 16.3. The van der Waals surface area contributed by atoms with Crippen LogP contribution in [0.15, 0.2) is 59.9 Å². The van der Waals surface area contributed by atoms with E-state index in [1.54, 1.807) is 24.6 Å². The maximum Gasteiger partial charge on any atom is 0.259 e. The number of carbonyl (C=O) groups excluding carboxylic acids is 1. The zero-order valence-corrected chi connectivity index (χ0v) is 10.4. The number of hydrogen-bond donors (Lipinski definition) is 1. The number of pyridine rings is 1. The summed E-state index contributed by atoms with van der Waals surface area (Å²) in [5.74, 6) is 0.879. The van der Waals surface area contributed by atoms with Crippen LogP contribution in [0.2, 0.25) is 0 Å². The third kappa shape index (κ3) is 2.54. The van der Waals surface area contributed by atoms with Crippen molar-refractivity contribution in [2.45, 2.75) is 0 Å². The van der Waals surface area contributed by atoms with E-state index in [0.29, 0.717) is 11.4 Å². The Bertz CT molecular complexity index is 694. The first-order valence-electron chi connectivity index (χ1n) is 5.89. The molecule has 1 amide bonds. The Hall–Kier alpha value is -3.02. The molecule has 20 heavy (non-hydrogen) atoms. The van der Waals surface area contributed by atoms with Crippen LogP contribution in [0.3, 0.4) is 0 Å². The SMILES string of the molecule is O=C(Nc1ccc(-c2ccco2)cn1)c1cncnc1. The number of nitrogens with one attached hydrogen (secondary N) is 1. The molecule has 0 saturated heterocycles. The predicted octanol–water partition coefficient (Wildman–Crippen LogP) is 2.38. The van der Waals surface area contributed by atoms with Gasteiger partial charge in [0.05, 0.1) is 11.8 Å². The van der Waals surface area contributed by atoms with Crippen LogP contribution in [0.25, 0.3) is 11.3 Å². The number of furan rings is 1. The first kappa shape index (κ1) is 12.0. The quantitative estimate of drug-likeness (QED) is 0.787. The van der Waals surface area contributed by atoms with Gasteiger partial charge in [0.1, 0.15) is 17.9 Å². The Morgan fingerprint density at radius 2 is 1.95 bits per heavy atom. The molecular formula is C14H10N4O2. The highest BCUT2D eigenvalue weighted by Crippen LogP contribution is 2.19. The maximum absolute atomic E-state index is 11.9. The van der Waals surface area contributed by atoms with Crippen molar-refractivity contribution in [1.29, 1.82) is 0 Å². The van der Waals surface area contributed by atoms with Crippen LogP contribution in [-0.4, -0.2) is 20.9 Å². The van der Waals surface area contributed by atoms with E-state index < -0.39 is 0 Å². The molecule has 3 rings (SSSR count). The van der Waals surface area contributed by atoms with Crippen LogP contribution >= 0.6 is 0 Å². The summed E-state index contributed by atoms with van der Waals surface area (Å²) >= 11 is 0. The van der Waals surface area contributed by atoms with Crippen molar-refractivity contribution in [3.63, 3.8) is 0 Å². The van der Waals surface area contributed by atoms with Gasteiger partial charge >= 0.3 is 0 Å². The molecule has 1 N–H and O–H groups in total. The van der Waals surface area contributed by atoms with Crippen LogP contribution < -0.4 is 5.32 Å². The van der Waals surface area contributed by atoms with Gasteiger partial charge in [-0.2, -0.15) is 0 Å². The minimum atomic E-state index is -0.302. The molecule has 98 valence electrons. The molecular weight excluding hydrogens is 256 g/mol. The van der Waals surface area contributed by atoms with Crippen molar-refractivity contribution in [3.8, 4) is 11.3 Å². The second-order valence-electron chi connectivity index (χ2n) is 3.99. The molecule has 3 heterocycles. The van der Waals surface area contributed by atoms with Crippen LogP contribution in [0.4, 0.5) is 5.82 Å². The Balaban J connectivity index is 1.74. The van der Waals surface area contributed by atoms with Crippen molar-refractivity contribution in [2.24, 2.45) is 0 Å². The lowest BCUT2D eigenvalue weighted by atomic mass is 10.2.